The maximum absolute atomic E-state index is 9.64. The molecule has 0 aliphatic carbocycles. The molecule has 0 unspecified atom stereocenters. The number of nitrogens with one attached hydrogen (secondary N) is 2. The Labute approximate surface area is 207 Å². The van der Waals surface area contributed by atoms with Gasteiger partial charge < -0.3 is 15.7 Å². The van der Waals surface area contributed by atoms with Crippen molar-refractivity contribution in [1.82, 2.24) is 20.5 Å². The minimum Gasteiger partial charge on any atom is -0.393 e. The number of piperidine rings is 1. The second-order valence-corrected chi connectivity index (χ2v) is 8.97. The van der Waals surface area contributed by atoms with Crippen LogP contribution in [0.5, 0.6) is 0 Å². The van der Waals surface area contributed by atoms with E-state index >= 15 is 0 Å². The highest BCUT2D eigenvalue weighted by molar-refractivity contribution is 14.0. The molecule has 1 fully saturated rings. The van der Waals surface area contributed by atoms with Crippen molar-refractivity contribution in [3.05, 3.63) is 51.5 Å². The average Bonchev–Trinajstić information content (AvgIpc) is 3.23. The van der Waals surface area contributed by atoms with Crippen molar-refractivity contribution in [3.8, 4) is 0 Å². The fourth-order valence-electron chi connectivity index (χ4n) is 3.51. The van der Waals surface area contributed by atoms with Gasteiger partial charge in [0.15, 0.2) is 5.96 Å². The number of thiazole rings is 1. The van der Waals surface area contributed by atoms with Crippen LogP contribution in [0.2, 0.25) is 0 Å². The van der Waals surface area contributed by atoms with E-state index in [1.807, 2.05) is 6.20 Å². The van der Waals surface area contributed by atoms with Gasteiger partial charge in [-0.15, -0.1) is 35.3 Å². The molecule has 0 saturated carbocycles. The number of benzene rings is 1. The summed E-state index contributed by atoms with van der Waals surface area (Å²) in [5, 5.41) is 17.6. The Morgan fingerprint density at radius 2 is 1.87 bits per heavy atom. The highest BCUT2D eigenvalue weighted by atomic mass is 127. The lowest BCUT2D eigenvalue weighted by Crippen LogP contribution is -2.38. The van der Waals surface area contributed by atoms with E-state index in [1.54, 1.807) is 11.3 Å². The molecular weight excluding hydrogens is 521 g/mol. The van der Waals surface area contributed by atoms with Crippen LogP contribution < -0.4 is 10.6 Å². The maximum atomic E-state index is 9.64. The zero-order valence-corrected chi connectivity index (χ0v) is 21.8. The molecule has 2 aromatic rings. The largest absolute Gasteiger partial charge is 0.393 e. The zero-order chi connectivity index (χ0) is 21.2. The molecule has 2 heterocycles. The molecule has 0 spiro atoms. The van der Waals surface area contributed by atoms with Crippen molar-refractivity contribution in [3.63, 3.8) is 0 Å². The first-order valence-electron chi connectivity index (χ1n) is 11.1. The molecule has 0 bridgehead atoms. The molecule has 6 nitrogen and oxygen atoms in total. The molecule has 1 aliphatic rings. The Morgan fingerprint density at radius 1 is 1.16 bits per heavy atom. The van der Waals surface area contributed by atoms with Crippen LogP contribution in [0.15, 0.2) is 35.5 Å². The Balaban J connectivity index is 0.00000341. The summed E-state index contributed by atoms with van der Waals surface area (Å²) in [7, 11) is 0. The molecule has 0 amide bonds. The highest BCUT2D eigenvalue weighted by Gasteiger charge is 2.16. The van der Waals surface area contributed by atoms with Gasteiger partial charge in [0.05, 0.1) is 17.7 Å². The Morgan fingerprint density at radius 3 is 2.52 bits per heavy atom. The SMILES string of the molecule is CCNC(=NCc1ccc(CN2CCC(O)CC2)cc1)NCCc1ncc(CC)s1.I. The summed E-state index contributed by atoms with van der Waals surface area (Å²) in [4.78, 5) is 13.0. The predicted octanol–water partition coefficient (Wildman–Crippen LogP) is 3.58. The van der Waals surface area contributed by atoms with Crippen molar-refractivity contribution in [2.45, 2.75) is 58.7 Å². The summed E-state index contributed by atoms with van der Waals surface area (Å²) in [6.45, 7) is 9.48. The van der Waals surface area contributed by atoms with Crippen LogP contribution in [0.1, 0.15) is 47.7 Å². The van der Waals surface area contributed by atoms with Crippen molar-refractivity contribution in [2.24, 2.45) is 4.99 Å². The van der Waals surface area contributed by atoms with Gasteiger partial charge in [0.25, 0.3) is 0 Å². The summed E-state index contributed by atoms with van der Waals surface area (Å²) in [5.74, 6) is 0.848. The quantitative estimate of drug-likeness (QED) is 0.250. The van der Waals surface area contributed by atoms with Gasteiger partial charge in [0.2, 0.25) is 0 Å². The number of hydrogen-bond acceptors (Lipinski definition) is 5. The number of aliphatic hydroxyl groups is 1. The number of rotatable bonds is 9. The fourth-order valence-corrected chi connectivity index (χ4v) is 4.37. The minimum atomic E-state index is -0.114. The molecule has 1 aromatic carbocycles. The van der Waals surface area contributed by atoms with E-state index < -0.39 is 0 Å². The van der Waals surface area contributed by atoms with Crippen molar-refractivity contribution in [1.29, 1.82) is 0 Å². The first-order chi connectivity index (χ1) is 14.7. The van der Waals surface area contributed by atoms with Gasteiger partial charge >= 0.3 is 0 Å². The van der Waals surface area contributed by atoms with E-state index in [2.05, 4.69) is 58.6 Å². The molecule has 1 aliphatic heterocycles. The molecule has 3 N–H and O–H groups in total. The molecule has 0 radical (unpaired) electrons. The molecule has 172 valence electrons. The zero-order valence-electron chi connectivity index (χ0n) is 18.6. The number of aromatic nitrogens is 1. The predicted molar refractivity (Wildman–Crippen MR) is 140 cm³/mol. The summed E-state index contributed by atoms with van der Waals surface area (Å²) in [6.07, 6.45) is 5.60. The second-order valence-electron chi connectivity index (χ2n) is 7.77. The van der Waals surface area contributed by atoms with Crippen LogP contribution in [0.25, 0.3) is 0 Å². The normalized spacial score (nSPS) is 15.5. The van der Waals surface area contributed by atoms with Crippen LogP contribution in [0, 0.1) is 0 Å². The third kappa shape index (κ3) is 9.03. The Bertz CT molecular complexity index is 788. The number of aryl methyl sites for hydroxylation is 1. The van der Waals surface area contributed by atoms with Gasteiger partial charge in [-0.05, 0) is 37.3 Å². The summed E-state index contributed by atoms with van der Waals surface area (Å²) in [6, 6.07) is 8.74. The first-order valence-corrected chi connectivity index (χ1v) is 11.9. The lowest BCUT2D eigenvalue weighted by atomic mass is 10.1. The molecular formula is C23H36IN5OS. The van der Waals surface area contributed by atoms with E-state index in [4.69, 9.17) is 4.99 Å². The number of halogens is 1. The van der Waals surface area contributed by atoms with E-state index in [0.717, 1.165) is 64.4 Å². The second kappa shape index (κ2) is 14.0. The molecule has 8 heteroatoms. The van der Waals surface area contributed by atoms with Crippen molar-refractivity contribution >= 4 is 41.3 Å². The van der Waals surface area contributed by atoms with Crippen LogP contribution >= 0.6 is 35.3 Å². The number of guanidine groups is 1. The standard InChI is InChI=1S/C23H35N5OS.HI/c1-3-21-16-26-22(30-21)9-12-25-23(24-4-2)27-15-18-5-7-19(8-6-18)17-28-13-10-20(29)11-14-28;/h5-8,16,20,29H,3-4,9-15,17H2,1-2H3,(H2,24,25,27);1H. The molecule has 0 atom stereocenters. The average molecular weight is 558 g/mol. The van der Waals surface area contributed by atoms with E-state index in [1.165, 1.54) is 21.0 Å². The third-order valence-corrected chi connectivity index (χ3v) is 6.53. The monoisotopic (exact) mass is 557 g/mol. The summed E-state index contributed by atoms with van der Waals surface area (Å²) in [5.41, 5.74) is 2.52. The smallest absolute Gasteiger partial charge is 0.191 e. The van der Waals surface area contributed by atoms with Gasteiger partial charge in [-0.25, -0.2) is 9.98 Å². The van der Waals surface area contributed by atoms with Crippen LogP contribution in [-0.4, -0.2) is 53.2 Å². The first kappa shape index (κ1) is 26.0. The Hall–Kier alpha value is -1.23. The van der Waals surface area contributed by atoms with E-state index in [-0.39, 0.29) is 30.1 Å². The fraction of sp³-hybridized carbons (Fsp3) is 0.565. The molecule has 31 heavy (non-hydrogen) atoms. The summed E-state index contributed by atoms with van der Waals surface area (Å²) >= 11 is 1.79. The Kier molecular flexibility index (Phi) is 11.8. The van der Waals surface area contributed by atoms with Gasteiger partial charge in [-0.3, -0.25) is 4.90 Å². The topological polar surface area (TPSA) is 72.8 Å². The van der Waals surface area contributed by atoms with E-state index in [0.29, 0.717) is 6.54 Å². The maximum Gasteiger partial charge on any atom is 0.191 e. The highest BCUT2D eigenvalue weighted by Crippen LogP contribution is 2.15. The van der Waals surface area contributed by atoms with Gasteiger partial charge in [0, 0.05) is 50.2 Å². The number of likely N-dealkylation sites (tertiary alicyclic amines) is 1. The number of aliphatic hydroxyl groups excluding tert-OH is 1. The molecule has 1 saturated heterocycles. The summed E-state index contributed by atoms with van der Waals surface area (Å²) < 4.78 is 0. The van der Waals surface area contributed by atoms with Crippen molar-refractivity contribution in [2.75, 3.05) is 26.2 Å². The van der Waals surface area contributed by atoms with Gasteiger partial charge in [-0.2, -0.15) is 0 Å². The molecule has 3 rings (SSSR count). The van der Waals surface area contributed by atoms with Gasteiger partial charge in [0.1, 0.15) is 0 Å². The van der Waals surface area contributed by atoms with Crippen molar-refractivity contribution < 1.29 is 5.11 Å². The number of nitrogens with zero attached hydrogens (tertiary/aromatic N) is 3. The lowest BCUT2D eigenvalue weighted by Gasteiger charge is -2.29. The number of aliphatic imine (C=N–C) groups is 1. The van der Waals surface area contributed by atoms with E-state index in [9.17, 15) is 5.11 Å². The van der Waals surface area contributed by atoms with Crippen LogP contribution in [0.3, 0.4) is 0 Å². The molecule has 1 aromatic heterocycles. The van der Waals surface area contributed by atoms with Crippen LogP contribution in [0.4, 0.5) is 0 Å². The van der Waals surface area contributed by atoms with Crippen LogP contribution in [-0.2, 0) is 25.9 Å². The minimum absolute atomic E-state index is 0. The van der Waals surface area contributed by atoms with Gasteiger partial charge in [-0.1, -0.05) is 31.2 Å². The lowest BCUT2D eigenvalue weighted by molar-refractivity contribution is 0.0792. The number of hydrogen-bond donors (Lipinski definition) is 3. The third-order valence-electron chi connectivity index (χ3n) is 5.33.